The van der Waals surface area contributed by atoms with Crippen molar-refractivity contribution in [2.75, 3.05) is 25.2 Å². The van der Waals surface area contributed by atoms with Crippen LogP contribution in [-0.2, 0) is 14.3 Å². The van der Waals surface area contributed by atoms with Gasteiger partial charge < -0.3 is 14.2 Å². The summed E-state index contributed by atoms with van der Waals surface area (Å²) in [5.41, 5.74) is 1.04. The number of thiocarbonyl (C=S) groups is 1. The highest BCUT2D eigenvalue weighted by atomic mass is 127. The Morgan fingerprint density at radius 1 is 1.30 bits per heavy atom. The number of amides is 1. The van der Waals surface area contributed by atoms with Crippen LogP contribution in [-0.4, -0.2) is 41.4 Å². The quantitative estimate of drug-likeness (QED) is 0.108. The number of hydrogen-bond acceptors (Lipinski definition) is 9. The Labute approximate surface area is 212 Å². The predicted octanol–water partition coefficient (Wildman–Crippen LogP) is 4.56. The molecular weight excluding hydrogens is 583 g/mol. The molecule has 0 atom stereocenters. The molecule has 9 nitrogen and oxygen atoms in total. The SMILES string of the molecule is CCOC(=O)COc1c(I)cc(/C=C2\SC(=S)N(c3ccc([N+](=O)[O-])cc3)C2=O)cc1OC. The van der Waals surface area contributed by atoms with Crippen LogP contribution in [0.5, 0.6) is 11.5 Å². The first-order valence-electron chi connectivity index (χ1n) is 9.43. The fraction of sp³-hybridized carbons (Fsp3) is 0.190. The molecule has 1 fully saturated rings. The summed E-state index contributed by atoms with van der Waals surface area (Å²) >= 11 is 8.53. The van der Waals surface area contributed by atoms with Crippen LogP contribution in [0.25, 0.3) is 6.08 Å². The number of anilines is 1. The van der Waals surface area contributed by atoms with E-state index < -0.39 is 10.9 Å². The number of hydrogen-bond donors (Lipinski definition) is 0. The number of halogens is 1. The molecule has 1 aliphatic rings. The van der Waals surface area contributed by atoms with Crippen molar-refractivity contribution in [3.8, 4) is 11.5 Å². The largest absolute Gasteiger partial charge is 0.493 e. The van der Waals surface area contributed by atoms with Gasteiger partial charge in [0.25, 0.3) is 11.6 Å². The van der Waals surface area contributed by atoms with Gasteiger partial charge in [0.15, 0.2) is 22.4 Å². The molecule has 0 aromatic heterocycles. The molecule has 2 aromatic rings. The highest BCUT2D eigenvalue weighted by Gasteiger charge is 2.33. The van der Waals surface area contributed by atoms with Crippen molar-refractivity contribution in [3.05, 3.63) is 60.6 Å². The summed E-state index contributed by atoms with van der Waals surface area (Å²) in [6, 6.07) is 9.06. The number of thioether (sulfide) groups is 1. The van der Waals surface area contributed by atoms with Gasteiger partial charge in [-0.2, -0.15) is 0 Å². The van der Waals surface area contributed by atoms with Crippen molar-refractivity contribution in [2.24, 2.45) is 0 Å². The number of carbonyl (C=O) groups excluding carboxylic acids is 2. The number of esters is 1. The monoisotopic (exact) mass is 600 g/mol. The summed E-state index contributed by atoms with van der Waals surface area (Å²) in [6.07, 6.45) is 1.67. The lowest BCUT2D eigenvalue weighted by molar-refractivity contribution is -0.384. The fourth-order valence-electron chi connectivity index (χ4n) is 2.86. The number of nitrogens with zero attached hydrogens (tertiary/aromatic N) is 2. The molecule has 1 saturated heterocycles. The van der Waals surface area contributed by atoms with Crippen molar-refractivity contribution < 1.29 is 28.7 Å². The van der Waals surface area contributed by atoms with Gasteiger partial charge in [0, 0.05) is 12.1 Å². The van der Waals surface area contributed by atoms with Gasteiger partial charge in [-0.05, 0) is 65.4 Å². The van der Waals surface area contributed by atoms with Gasteiger partial charge >= 0.3 is 5.97 Å². The van der Waals surface area contributed by atoms with Gasteiger partial charge in [0.2, 0.25) is 0 Å². The Balaban J connectivity index is 1.84. The lowest BCUT2D eigenvalue weighted by atomic mass is 10.1. The number of non-ortho nitro benzene ring substituents is 1. The molecule has 0 aliphatic carbocycles. The topological polar surface area (TPSA) is 108 Å². The van der Waals surface area contributed by atoms with Crippen LogP contribution in [0.2, 0.25) is 0 Å². The summed E-state index contributed by atoms with van der Waals surface area (Å²) in [5.74, 6) is -0.0464. The molecule has 0 radical (unpaired) electrons. The normalized spacial score (nSPS) is 14.5. The van der Waals surface area contributed by atoms with Crippen LogP contribution in [0, 0.1) is 13.7 Å². The highest BCUT2D eigenvalue weighted by molar-refractivity contribution is 14.1. The predicted molar refractivity (Wildman–Crippen MR) is 137 cm³/mol. The summed E-state index contributed by atoms with van der Waals surface area (Å²) in [5, 5.41) is 10.9. The van der Waals surface area contributed by atoms with E-state index in [4.69, 9.17) is 26.4 Å². The Morgan fingerprint density at radius 3 is 2.61 bits per heavy atom. The number of methoxy groups -OCH3 is 1. The first kappa shape index (κ1) is 24.9. The van der Waals surface area contributed by atoms with E-state index in [1.165, 1.54) is 36.3 Å². The molecule has 33 heavy (non-hydrogen) atoms. The third-order valence-electron chi connectivity index (χ3n) is 4.30. The van der Waals surface area contributed by atoms with Gasteiger partial charge in [-0.15, -0.1) is 0 Å². The summed E-state index contributed by atoms with van der Waals surface area (Å²) < 4.78 is 16.8. The van der Waals surface area contributed by atoms with E-state index in [0.29, 0.717) is 35.5 Å². The lowest BCUT2D eigenvalue weighted by Crippen LogP contribution is -2.27. The Bertz CT molecular complexity index is 1150. The third-order valence-corrected chi connectivity index (χ3v) is 6.41. The number of carbonyl (C=O) groups is 2. The van der Waals surface area contributed by atoms with Crippen LogP contribution in [0.4, 0.5) is 11.4 Å². The molecular formula is C21H17IN2O7S2. The minimum Gasteiger partial charge on any atom is -0.493 e. The second-order valence-corrected chi connectivity index (χ2v) is 9.26. The van der Waals surface area contributed by atoms with E-state index in [0.717, 1.165) is 11.8 Å². The Hall–Kier alpha value is -2.71. The molecule has 0 N–H and O–H groups in total. The van der Waals surface area contributed by atoms with E-state index >= 15 is 0 Å². The molecule has 172 valence electrons. The zero-order valence-electron chi connectivity index (χ0n) is 17.4. The average Bonchev–Trinajstić information content (AvgIpc) is 3.05. The molecule has 3 rings (SSSR count). The summed E-state index contributed by atoms with van der Waals surface area (Å²) in [4.78, 5) is 36.7. The molecule has 2 aromatic carbocycles. The van der Waals surface area contributed by atoms with Gasteiger partial charge in [-0.1, -0.05) is 24.0 Å². The lowest BCUT2D eigenvalue weighted by Gasteiger charge is -2.14. The molecule has 1 amide bonds. The summed E-state index contributed by atoms with van der Waals surface area (Å²) in [6.45, 7) is 1.71. The second-order valence-electron chi connectivity index (χ2n) is 6.42. The molecule has 0 bridgehead atoms. The number of rotatable bonds is 8. The van der Waals surface area contributed by atoms with Crippen molar-refractivity contribution in [1.29, 1.82) is 0 Å². The zero-order valence-corrected chi connectivity index (χ0v) is 21.2. The summed E-state index contributed by atoms with van der Waals surface area (Å²) in [7, 11) is 1.47. The van der Waals surface area contributed by atoms with Crippen LogP contribution in [0.15, 0.2) is 41.3 Å². The van der Waals surface area contributed by atoms with Crippen LogP contribution in [0.3, 0.4) is 0 Å². The van der Waals surface area contributed by atoms with Crippen LogP contribution < -0.4 is 14.4 Å². The second kappa shape index (κ2) is 10.9. The Morgan fingerprint density at radius 2 is 2.00 bits per heavy atom. The van der Waals surface area contributed by atoms with E-state index in [2.05, 4.69) is 22.6 Å². The number of benzene rings is 2. The van der Waals surface area contributed by atoms with Crippen LogP contribution in [0.1, 0.15) is 12.5 Å². The standard InChI is InChI=1S/C21H17IN2O7S2/c1-3-30-18(25)11-31-19-15(22)8-12(9-16(19)29-2)10-17-20(26)23(21(32)33-17)13-4-6-14(7-5-13)24(27)28/h4-10H,3,11H2,1-2H3/b17-10-. The fourth-order valence-corrected chi connectivity index (χ4v) is 4.94. The maximum Gasteiger partial charge on any atom is 0.344 e. The third kappa shape index (κ3) is 5.81. The van der Waals surface area contributed by atoms with Crippen molar-refractivity contribution in [1.82, 2.24) is 0 Å². The number of nitro groups is 1. The number of ether oxygens (including phenoxy) is 3. The van der Waals surface area contributed by atoms with Crippen molar-refractivity contribution in [3.63, 3.8) is 0 Å². The van der Waals surface area contributed by atoms with Gasteiger partial charge in [-0.3, -0.25) is 19.8 Å². The van der Waals surface area contributed by atoms with E-state index in [9.17, 15) is 19.7 Å². The molecule has 0 spiro atoms. The maximum absolute atomic E-state index is 13.0. The molecule has 1 aliphatic heterocycles. The average molecular weight is 600 g/mol. The zero-order chi connectivity index (χ0) is 24.1. The maximum atomic E-state index is 13.0. The molecule has 1 heterocycles. The smallest absolute Gasteiger partial charge is 0.344 e. The van der Waals surface area contributed by atoms with Gasteiger partial charge in [0.05, 0.1) is 32.8 Å². The number of nitro benzene ring substituents is 1. The molecule has 0 unspecified atom stereocenters. The van der Waals surface area contributed by atoms with E-state index in [-0.39, 0.29) is 24.8 Å². The minimum absolute atomic E-state index is 0.0772. The molecule has 0 saturated carbocycles. The first-order chi connectivity index (χ1) is 15.7. The van der Waals surface area contributed by atoms with E-state index in [1.54, 1.807) is 25.1 Å². The highest BCUT2D eigenvalue weighted by Crippen LogP contribution is 2.39. The van der Waals surface area contributed by atoms with Gasteiger partial charge in [-0.25, -0.2) is 4.79 Å². The van der Waals surface area contributed by atoms with E-state index in [1.807, 2.05) is 0 Å². The van der Waals surface area contributed by atoms with Crippen molar-refractivity contribution in [2.45, 2.75) is 6.92 Å². The van der Waals surface area contributed by atoms with Crippen LogP contribution >= 0.6 is 46.6 Å². The minimum atomic E-state index is -0.511. The first-order valence-corrected chi connectivity index (χ1v) is 11.7. The Kier molecular flexibility index (Phi) is 8.26. The molecule has 12 heteroatoms. The van der Waals surface area contributed by atoms with Crippen molar-refractivity contribution >= 4 is 80.2 Å². The van der Waals surface area contributed by atoms with Gasteiger partial charge in [0.1, 0.15) is 0 Å².